The quantitative estimate of drug-likeness (QED) is 0.431. The van der Waals surface area contributed by atoms with E-state index in [0.717, 1.165) is 22.0 Å². The van der Waals surface area contributed by atoms with E-state index in [0.29, 0.717) is 17.9 Å². The lowest BCUT2D eigenvalue weighted by Gasteiger charge is -2.46. The summed E-state index contributed by atoms with van der Waals surface area (Å²) in [7, 11) is -3.79. The van der Waals surface area contributed by atoms with Gasteiger partial charge in [0.2, 0.25) is 0 Å². The average Bonchev–Trinajstić information content (AvgIpc) is 2.80. The number of aryl methyl sites for hydroxylation is 1. The van der Waals surface area contributed by atoms with Crippen LogP contribution in [0.4, 0.5) is 10.1 Å². The number of para-hydroxylation sites is 1. The highest BCUT2D eigenvalue weighted by molar-refractivity contribution is 9.10. The third kappa shape index (κ3) is 3.66. The summed E-state index contributed by atoms with van der Waals surface area (Å²) in [6.07, 6.45) is 0.238. The minimum Gasteiger partial charge on any atom is -0.373 e. The lowest BCUT2D eigenvalue weighted by molar-refractivity contribution is -0.0402. The van der Waals surface area contributed by atoms with Crippen molar-refractivity contribution in [1.82, 2.24) is 0 Å². The molecule has 32 heavy (non-hydrogen) atoms. The Kier molecular flexibility index (Phi) is 5.60. The second-order valence-corrected chi connectivity index (χ2v) is 11.2. The van der Waals surface area contributed by atoms with Crippen LogP contribution in [-0.2, 0) is 14.8 Å². The molecule has 0 aliphatic carbocycles. The first-order chi connectivity index (χ1) is 15.4. The van der Waals surface area contributed by atoms with Crippen LogP contribution in [0.15, 0.2) is 76.1 Å². The minimum absolute atomic E-state index is 0.0906. The van der Waals surface area contributed by atoms with E-state index in [1.807, 2.05) is 31.2 Å². The molecule has 3 atom stereocenters. The summed E-state index contributed by atoms with van der Waals surface area (Å²) < 4.78 is 50.5. The Bertz CT molecular complexity index is 1260. The fourth-order valence-electron chi connectivity index (χ4n) is 4.92. The number of anilines is 1. The van der Waals surface area contributed by atoms with Crippen molar-refractivity contribution in [3.8, 4) is 0 Å². The number of sulfonamides is 1. The molecule has 0 saturated carbocycles. The van der Waals surface area contributed by atoms with Gasteiger partial charge in [0, 0.05) is 29.1 Å². The molecular formula is C25H23BrFNO3S. The van der Waals surface area contributed by atoms with Gasteiger partial charge in [-0.15, -0.1) is 0 Å². The Morgan fingerprint density at radius 1 is 1.03 bits per heavy atom. The number of fused-ring (bicyclic) bond motifs is 3. The van der Waals surface area contributed by atoms with Crippen molar-refractivity contribution in [3.05, 3.63) is 93.7 Å². The van der Waals surface area contributed by atoms with Gasteiger partial charge in [0.15, 0.2) is 0 Å². The summed E-state index contributed by atoms with van der Waals surface area (Å²) >= 11 is 3.43. The van der Waals surface area contributed by atoms with Crippen LogP contribution >= 0.6 is 15.9 Å². The molecule has 3 unspecified atom stereocenters. The van der Waals surface area contributed by atoms with E-state index >= 15 is 0 Å². The Morgan fingerprint density at radius 3 is 2.56 bits per heavy atom. The van der Waals surface area contributed by atoms with Crippen LogP contribution in [0, 0.1) is 18.7 Å². The zero-order valence-electron chi connectivity index (χ0n) is 17.5. The first-order valence-electron chi connectivity index (χ1n) is 10.6. The number of hydrogen-bond donors (Lipinski definition) is 0. The molecule has 0 bridgehead atoms. The molecule has 2 aliphatic rings. The molecule has 3 aromatic rings. The summed E-state index contributed by atoms with van der Waals surface area (Å²) in [5, 5.41) is 0. The third-order valence-electron chi connectivity index (χ3n) is 6.49. The molecule has 5 rings (SSSR count). The Balaban J connectivity index is 1.62. The van der Waals surface area contributed by atoms with Crippen molar-refractivity contribution in [2.24, 2.45) is 5.92 Å². The fourth-order valence-corrected chi connectivity index (χ4v) is 6.82. The van der Waals surface area contributed by atoms with Crippen molar-refractivity contribution in [1.29, 1.82) is 0 Å². The Morgan fingerprint density at radius 2 is 1.78 bits per heavy atom. The van der Waals surface area contributed by atoms with Gasteiger partial charge < -0.3 is 4.74 Å². The lowest BCUT2D eigenvalue weighted by atomic mass is 9.74. The molecule has 0 N–H and O–H groups in total. The maximum Gasteiger partial charge on any atom is 0.264 e. The zero-order valence-corrected chi connectivity index (χ0v) is 19.9. The number of benzene rings is 3. The Labute approximate surface area is 196 Å². The molecule has 7 heteroatoms. The van der Waals surface area contributed by atoms with Crippen molar-refractivity contribution < 1.29 is 17.5 Å². The van der Waals surface area contributed by atoms with E-state index < -0.39 is 16.1 Å². The van der Waals surface area contributed by atoms with E-state index in [1.54, 1.807) is 36.4 Å². The standard InChI is InChI=1S/C25H23BrFNO3S/c1-16-6-9-18(10-7-16)32(29,30)28-15-22-19(20-4-2-3-5-24(20)28)12-13-31-25(22)21-14-17(26)8-11-23(21)27/h2-11,14,19,22,25H,12-13,15H2,1H3. The second-order valence-electron chi connectivity index (χ2n) is 8.42. The highest BCUT2D eigenvalue weighted by atomic mass is 79.9. The van der Waals surface area contributed by atoms with E-state index in [4.69, 9.17) is 4.74 Å². The molecule has 0 aromatic heterocycles. The average molecular weight is 516 g/mol. The molecule has 0 spiro atoms. The summed E-state index contributed by atoms with van der Waals surface area (Å²) in [6, 6.07) is 19.3. The molecule has 3 aromatic carbocycles. The molecule has 166 valence electrons. The Hall–Kier alpha value is -2.22. The smallest absolute Gasteiger partial charge is 0.264 e. The third-order valence-corrected chi connectivity index (χ3v) is 8.77. The molecule has 2 heterocycles. The number of halogens is 2. The highest BCUT2D eigenvalue weighted by Gasteiger charge is 2.45. The first-order valence-corrected chi connectivity index (χ1v) is 12.8. The van der Waals surface area contributed by atoms with E-state index in [2.05, 4.69) is 15.9 Å². The second kappa shape index (κ2) is 8.28. The first kappa shape index (κ1) is 21.6. The zero-order chi connectivity index (χ0) is 22.5. The number of rotatable bonds is 3. The monoisotopic (exact) mass is 515 g/mol. The molecule has 1 saturated heterocycles. The molecule has 2 aliphatic heterocycles. The number of ether oxygens (including phenoxy) is 1. The van der Waals surface area contributed by atoms with Gasteiger partial charge in [-0.25, -0.2) is 12.8 Å². The van der Waals surface area contributed by atoms with Gasteiger partial charge in [0.25, 0.3) is 10.0 Å². The van der Waals surface area contributed by atoms with Gasteiger partial charge in [-0.2, -0.15) is 0 Å². The van der Waals surface area contributed by atoms with Gasteiger partial charge in [0.1, 0.15) is 5.82 Å². The summed E-state index contributed by atoms with van der Waals surface area (Å²) in [5.41, 5.74) is 3.13. The predicted octanol–water partition coefficient (Wildman–Crippen LogP) is 5.97. The fraction of sp³-hybridized carbons (Fsp3) is 0.280. The van der Waals surface area contributed by atoms with E-state index in [-0.39, 0.29) is 29.1 Å². The minimum atomic E-state index is -3.79. The van der Waals surface area contributed by atoms with Crippen LogP contribution in [-0.4, -0.2) is 21.6 Å². The van der Waals surface area contributed by atoms with Crippen LogP contribution in [0.25, 0.3) is 0 Å². The van der Waals surface area contributed by atoms with Crippen molar-refractivity contribution in [2.45, 2.75) is 30.3 Å². The predicted molar refractivity (Wildman–Crippen MR) is 126 cm³/mol. The summed E-state index contributed by atoms with van der Waals surface area (Å²) in [5.74, 6) is -0.457. The maximum absolute atomic E-state index is 14.8. The van der Waals surface area contributed by atoms with Crippen molar-refractivity contribution >= 4 is 31.6 Å². The summed E-state index contributed by atoms with van der Waals surface area (Å²) in [4.78, 5) is 0.248. The SMILES string of the molecule is Cc1ccc(S(=O)(=O)N2CC3C(CCOC3c3cc(Br)ccc3F)c3ccccc32)cc1. The van der Waals surface area contributed by atoms with Gasteiger partial charge in [-0.1, -0.05) is 51.8 Å². The molecule has 0 radical (unpaired) electrons. The highest BCUT2D eigenvalue weighted by Crippen LogP contribution is 2.50. The van der Waals surface area contributed by atoms with Crippen LogP contribution in [0.1, 0.15) is 35.1 Å². The van der Waals surface area contributed by atoms with E-state index in [1.165, 1.54) is 10.4 Å². The van der Waals surface area contributed by atoms with Crippen molar-refractivity contribution in [2.75, 3.05) is 17.5 Å². The maximum atomic E-state index is 14.8. The molecular weight excluding hydrogens is 493 g/mol. The van der Waals surface area contributed by atoms with Gasteiger partial charge in [0.05, 0.1) is 16.7 Å². The van der Waals surface area contributed by atoms with Crippen LogP contribution in [0.3, 0.4) is 0 Å². The van der Waals surface area contributed by atoms with Gasteiger partial charge in [-0.3, -0.25) is 4.31 Å². The molecule has 0 amide bonds. The van der Waals surface area contributed by atoms with Crippen molar-refractivity contribution in [3.63, 3.8) is 0 Å². The lowest BCUT2D eigenvalue weighted by Crippen LogP contribution is -2.46. The van der Waals surface area contributed by atoms with Crippen LogP contribution < -0.4 is 4.31 Å². The van der Waals surface area contributed by atoms with Crippen LogP contribution in [0.2, 0.25) is 0 Å². The largest absolute Gasteiger partial charge is 0.373 e. The van der Waals surface area contributed by atoms with Gasteiger partial charge >= 0.3 is 0 Å². The molecule has 4 nitrogen and oxygen atoms in total. The van der Waals surface area contributed by atoms with Crippen LogP contribution in [0.5, 0.6) is 0 Å². The van der Waals surface area contributed by atoms with Gasteiger partial charge in [-0.05, 0) is 61.2 Å². The molecule has 1 fully saturated rings. The normalized spacial score (nSPS) is 22.8. The number of hydrogen-bond acceptors (Lipinski definition) is 3. The number of nitrogens with zero attached hydrogens (tertiary/aromatic N) is 1. The van der Waals surface area contributed by atoms with E-state index in [9.17, 15) is 12.8 Å². The topological polar surface area (TPSA) is 46.6 Å². The summed E-state index contributed by atoms with van der Waals surface area (Å²) in [6.45, 7) is 2.65.